The molecule has 0 atom stereocenters. The Balaban J connectivity index is 2.03. The third kappa shape index (κ3) is 3.89. The van der Waals surface area contributed by atoms with Crippen LogP contribution in [0.15, 0.2) is 18.2 Å². The summed E-state index contributed by atoms with van der Waals surface area (Å²) >= 11 is 0. The smallest absolute Gasteiger partial charge is 0.346 e. The normalized spacial score (nSPS) is 15.6. The molecule has 21 heavy (non-hydrogen) atoms. The maximum atomic E-state index is 11.2. The summed E-state index contributed by atoms with van der Waals surface area (Å²) in [6.07, 6.45) is 0. The standard InChI is InChI=1S/C13H16N2O6/c16-13(17)12-10(15(18)19)2-1-3-11(12)21-9-6-14-4-7-20-8-5-14/h1-3H,4-9H2,(H,16,17). The molecule has 8 nitrogen and oxygen atoms in total. The summed E-state index contributed by atoms with van der Waals surface area (Å²) in [4.78, 5) is 23.5. The van der Waals surface area contributed by atoms with Gasteiger partial charge in [0.15, 0.2) is 5.56 Å². The Labute approximate surface area is 121 Å². The van der Waals surface area contributed by atoms with Crippen molar-refractivity contribution in [3.63, 3.8) is 0 Å². The van der Waals surface area contributed by atoms with Gasteiger partial charge in [0.2, 0.25) is 0 Å². The number of benzene rings is 1. The fourth-order valence-electron chi connectivity index (χ4n) is 2.12. The molecule has 0 aromatic heterocycles. The van der Waals surface area contributed by atoms with Gasteiger partial charge in [-0.2, -0.15) is 0 Å². The number of aromatic carboxylic acids is 1. The van der Waals surface area contributed by atoms with Gasteiger partial charge in [-0.3, -0.25) is 15.0 Å². The lowest BCUT2D eigenvalue weighted by Gasteiger charge is -2.26. The third-order valence-corrected chi connectivity index (χ3v) is 3.18. The fraction of sp³-hybridized carbons (Fsp3) is 0.462. The number of ether oxygens (including phenoxy) is 2. The molecule has 1 aliphatic rings. The lowest BCUT2D eigenvalue weighted by Crippen LogP contribution is -2.38. The van der Waals surface area contributed by atoms with Gasteiger partial charge in [-0.25, -0.2) is 4.79 Å². The van der Waals surface area contributed by atoms with E-state index in [1.807, 2.05) is 0 Å². The molecule has 0 unspecified atom stereocenters. The number of nitro benzene ring substituents is 1. The number of hydrogen-bond donors (Lipinski definition) is 1. The number of morpholine rings is 1. The predicted molar refractivity (Wildman–Crippen MR) is 72.8 cm³/mol. The minimum Gasteiger partial charge on any atom is -0.491 e. The number of nitrogens with zero attached hydrogens (tertiary/aromatic N) is 2. The Bertz CT molecular complexity index is 527. The summed E-state index contributed by atoms with van der Waals surface area (Å²) in [5, 5.41) is 20.0. The van der Waals surface area contributed by atoms with E-state index in [1.165, 1.54) is 12.1 Å². The minimum absolute atomic E-state index is 0.0185. The van der Waals surface area contributed by atoms with Gasteiger partial charge in [0.05, 0.1) is 18.1 Å². The molecule has 1 aromatic carbocycles. The summed E-state index contributed by atoms with van der Waals surface area (Å²) in [6.45, 7) is 3.80. The number of rotatable bonds is 6. The van der Waals surface area contributed by atoms with E-state index in [0.29, 0.717) is 19.8 Å². The van der Waals surface area contributed by atoms with Gasteiger partial charge in [0.1, 0.15) is 12.4 Å². The fourth-order valence-corrected chi connectivity index (χ4v) is 2.12. The molecule has 1 saturated heterocycles. The molecule has 0 bridgehead atoms. The summed E-state index contributed by atoms with van der Waals surface area (Å²) < 4.78 is 10.6. The number of carboxylic acid groups (broad SMARTS) is 1. The zero-order chi connectivity index (χ0) is 15.2. The monoisotopic (exact) mass is 296 g/mol. The van der Waals surface area contributed by atoms with Crippen LogP contribution in [0.4, 0.5) is 5.69 Å². The van der Waals surface area contributed by atoms with Gasteiger partial charge in [0, 0.05) is 25.7 Å². The summed E-state index contributed by atoms with van der Waals surface area (Å²) in [7, 11) is 0. The molecule has 0 saturated carbocycles. The Morgan fingerprint density at radius 3 is 2.76 bits per heavy atom. The molecular formula is C13H16N2O6. The Kier molecular flexibility index (Phi) is 5.07. The Morgan fingerprint density at radius 2 is 2.14 bits per heavy atom. The molecule has 114 valence electrons. The zero-order valence-electron chi connectivity index (χ0n) is 11.4. The molecule has 1 heterocycles. The predicted octanol–water partition coefficient (Wildman–Crippen LogP) is 1.00. The largest absolute Gasteiger partial charge is 0.491 e. The van der Waals surface area contributed by atoms with Crippen molar-refractivity contribution in [2.75, 3.05) is 39.5 Å². The topological polar surface area (TPSA) is 102 Å². The van der Waals surface area contributed by atoms with Crippen molar-refractivity contribution in [3.8, 4) is 5.75 Å². The molecule has 2 rings (SSSR count). The molecule has 0 radical (unpaired) electrons. The maximum absolute atomic E-state index is 11.2. The van der Waals surface area contributed by atoms with Crippen LogP contribution in [0.1, 0.15) is 10.4 Å². The van der Waals surface area contributed by atoms with Gasteiger partial charge in [-0.15, -0.1) is 0 Å². The van der Waals surface area contributed by atoms with Crippen LogP contribution in [0.5, 0.6) is 5.75 Å². The molecule has 1 fully saturated rings. The number of carboxylic acids is 1. The van der Waals surface area contributed by atoms with Gasteiger partial charge >= 0.3 is 5.97 Å². The second-order valence-corrected chi connectivity index (χ2v) is 4.52. The van der Waals surface area contributed by atoms with Crippen LogP contribution >= 0.6 is 0 Å². The van der Waals surface area contributed by atoms with Gasteiger partial charge < -0.3 is 14.6 Å². The highest BCUT2D eigenvalue weighted by atomic mass is 16.6. The van der Waals surface area contributed by atoms with Crippen LogP contribution in [0.25, 0.3) is 0 Å². The molecule has 1 aromatic rings. The van der Waals surface area contributed by atoms with Crippen LogP contribution in [-0.2, 0) is 4.74 Å². The van der Waals surface area contributed by atoms with E-state index in [0.717, 1.165) is 19.2 Å². The molecule has 0 spiro atoms. The second-order valence-electron chi connectivity index (χ2n) is 4.52. The lowest BCUT2D eigenvalue weighted by atomic mass is 10.1. The van der Waals surface area contributed by atoms with Crippen molar-refractivity contribution in [3.05, 3.63) is 33.9 Å². The van der Waals surface area contributed by atoms with Crippen molar-refractivity contribution in [1.82, 2.24) is 4.90 Å². The van der Waals surface area contributed by atoms with E-state index in [4.69, 9.17) is 14.6 Å². The van der Waals surface area contributed by atoms with Crippen molar-refractivity contribution < 1.29 is 24.3 Å². The van der Waals surface area contributed by atoms with Crippen LogP contribution in [0, 0.1) is 10.1 Å². The van der Waals surface area contributed by atoms with Crippen molar-refractivity contribution in [1.29, 1.82) is 0 Å². The number of nitro groups is 1. The van der Waals surface area contributed by atoms with Crippen LogP contribution in [-0.4, -0.2) is 60.4 Å². The Morgan fingerprint density at radius 1 is 1.43 bits per heavy atom. The lowest BCUT2D eigenvalue weighted by molar-refractivity contribution is -0.385. The molecule has 1 N–H and O–H groups in total. The van der Waals surface area contributed by atoms with Gasteiger partial charge in [-0.05, 0) is 6.07 Å². The van der Waals surface area contributed by atoms with Crippen LogP contribution in [0.3, 0.4) is 0 Å². The van der Waals surface area contributed by atoms with Gasteiger partial charge in [0.25, 0.3) is 5.69 Å². The second kappa shape index (κ2) is 7.00. The first-order valence-electron chi connectivity index (χ1n) is 6.53. The van der Waals surface area contributed by atoms with E-state index in [2.05, 4.69) is 4.90 Å². The molecule has 0 aliphatic carbocycles. The van der Waals surface area contributed by atoms with E-state index >= 15 is 0 Å². The number of hydrogen-bond acceptors (Lipinski definition) is 6. The summed E-state index contributed by atoms with van der Waals surface area (Å²) in [6, 6.07) is 3.99. The maximum Gasteiger partial charge on any atom is 0.346 e. The van der Waals surface area contributed by atoms with Crippen molar-refractivity contribution in [2.24, 2.45) is 0 Å². The van der Waals surface area contributed by atoms with E-state index in [9.17, 15) is 14.9 Å². The first kappa shape index (κ1) is 15.2. The first-order valence-corrected chi connectivity index (χ1v) is 6.53. The average Bonchev–Trinajstić information content (AvgIpc) is 2.47. The molecule has 1 aliphatic heterocycles. The Hall–Kier alpha value is -2.19. The summed E-state index contributed by atoms with van der Waals surface area (Å²) in [5.41, 5.74) is -0.879. The van der Waals surface area contributed by atoms with Crippen molar-refractivity contribution in [2.45, 2.75) is 0 Å². The molecule has 0 amide bonds. The quantitative estimate of drug-likeness (QED) is 0.617. The van der Waals surface area contributed by atoms with E-state index in [1.54, 1.807) is 0 Å². The first-order chi connectivity index (χ1) is 10.1. The third-order valence-electron chi connectivity index (χ3n) is 3.18. The van der Waals surface area contributed by atoms with E-state index < -0.39 is 22.1 Å². The van der Waals surface area contributed by atoms with Crippen molar-refractivity contribution >= 4 is 11.7 Å². The minimum atomic E-state index is -1.37. The highest BCUT2D eigenvalue weighted by Gasteiger charge is 2.24. The SMILES string of the molecule is O=C(O)c1c(OCCN2CCOCC2)cccc1[N+](=O)[O-]. The van der Waals surface area contributed by atoms with Crippen LogP contribution in [0.2, 0.25) is 0 Å². The van der Waals surface area contributed by atoms with E-state index in [-0.39, 0.29) is 12.4 Å². The molecule has 8 heteroatoms. The highest BCUT2D eigenvalue weighted by molar-refractivity contribution is 5.95. The average molecular weight is 296 g/mol. The highest BCUT2D eigenvalue weighted by Crippen LogP contribution is 2.28. The summed E-state index contributed by atoms with van der Waals surface area (Å²) in [5.74, 6) is -1.35. The van der Waals surface area contributed by atoms with Gasteiger partial charge in [-0.1, -0.05) is 6.07 Å². The zero-order valence-corrected chi connectivity index (χ0v) is 11.4. The molecular weight excluding hydrogens is 280 g/mol. The van der Waals surface area contributed by atoms with Crippen LogP contribution < -0.4 is 4.74 Å². The number of carbonyl (C=O) groups is 1.